The quantitative estimate of drug-likeness (QED) is 0.742. The lowest BCUT2D eigenvalue weighted by Gasteiger charge is -2.25. The van der Waals surface area contributed by atoms with E-state index in [1.54, 1.807) is 48.5 Å². The summed E-state index contributed by atoms with van der Waals surface area (Å²) in [6, 6.07) is 12.9. The van der Waals surface area contributed by atoms with Crippen LogP contribution in [0, 0.1) is 5.41 Å². The molecule has 140 valence electrons. The van der Waals surface area contributed by atoms with E-state index >= 15 is 0 Å². The normalized spacial score (nSPS) is 11.8. The van der Waals surface area contributed by atoms with Gasteiger partial charge in [0.15, 0.2) is 0 Å². The molecular formula is C19H24ClN3O3. The number of nitrogens with one attached hydrogen (secondary N) is 1. The maximum absolute atomic E-state index is 12.1. The molecule has 0 aliphatic heterocycles. The van der Waals surface area contributed by atoms with Gasteiger partial charge in [-0.05, 0) is 41.8 Å². The summed E-state index contributed by atoms with van der Waals surface area (Å²) in [5.41, 5.74) is 11.9. The molecular weight excluding hydrogens is 354 g/mol. The van der Waals surface area contributed by atoms with Crippen LogP contribution in [0.5, 0.6) is 11.5 Å². The Kier molecular flexibility index (Phi) is 7.18. The summed E-state index contributed by atoms with van der Waals surface area (Å²) in [5, 5.41) is 2.78. The van der Waals surface area contributed by atoms with E-state index in [-0.39, 0.29) is 23.7 Å². The lowest BCUT2D eigenvalue weighted by atomic mass is 9.87. The molecule has 2 aromatic rings. The second kappa shape index (κ2) is 8.69. The molecule has 0 fully saturated rings. The van der Waals surface area contributed by atoms with Crippen LogP contribution in [0.25, 0.3) is 0 Å². The number of para-hydroxylation sites is 1. The van der Waals surface area contributed by atoms with Crippen molar-refractivity contribution in [3.63, 3.8) is 0 Å². The number of anilines is 1. The zero-order chi connectivity index (χ0) is 18.6. The van der Waals surface area contributed by atoms with Crippen molar-refractivity contribution in [3.8, 4) is 11.5 Å². The summed E-state index contributed by atoms with van der Waals surface area (Å²) < 4.78 is 5.69. The monoisotopic (exact) mass is 377 g/mol. The third-order valence-electron chi connectivity index (χ3n) is 3.72. The van der Waals surface area contributed by atoms with Crippen LogP contribution in [-0.4, -0.2) is 17.9 Å². The van der Waals surface area contributed by atoms with Gasteiger partial charge in [0.2, 0.25) is 5.91 Å². The summed E-state index contributed by atoms with van der Waals surface area (Å²) in [4.78, 5) is 23.6. The molecule has 7 heteroatoms. The predicted octanol–water partition coefficient (Wildman–Crippen LogP) is 3.31. The van der Waals surface area contributed by atoms with Gasteiger partial charge in [0.1, 0.15) is 11.5 Å². The molecule has 0 spiro atoms. The Morgan fingerprint density at radius 2 is 1.62 bits per heavy atom. The largest absolute Gasteiger partial charge is 0.457 e. The van der Waals surface area contributed by atoms with Crippen molar-refractivity contribution in [2.75, 3.05) is 5.32 Å². The Bertz CT molecular complexity index is 770. The van der Waals surface area contributed by atoms with Gasteiger partial charge in [-0.1, -0.05) is 32.9 Å². The molecule has 0 aliphatic carbocycles. The molecule has 0 unspecified atom stereocenters. The first-order chi connectivity index (χ1) is 11.7. The Morgan fingerprint density at radius 1 is 1.04 bits per heavy atom. The van der Waals surface area contributed by atoms with Crippen molar-refractivity contribution in [3.05, 3.63) is 54.1 Å². The number of ether oxygens (including phenoxy) is 1. The Balaban J connectivity index is 0.00000338. The van der Waals surface area contributed by atoms with E-state index in [4.69, 9.17) is 16.2 Å². The number of primary amides is 1. The molecule has 26 heavy (non-hydrogen) atoms. The summed E-state index contributed by atoms with van der Waals surface area (Å²) in [6.07, 6.45) is 0. The molecule has 2 amide bonds. The van der Waals surface area contributed by atoms with Crippen molar-refractivity contribution < 1.29 is 14.3 Å². The molecule has 6 nitrogen and oxygen atoms in total. The van der Waals surface area contributed by atoms with Crippen LogP contribution in [0.3, 0.4) is 0 Å². The van der Waals surface area contributed by atoms with Gasteiger partial charge in [0, 0.05) is 5.69 Å². The highest BCUT2D eigenvalue weighted by atomic mass is 35.5. The van der Waals surface area contributed by atoms with Crippen LogP contribution in [0.4, 0.5) is 5.69 Å². The number of hydrogen-bond donors (Lipinski definition) is 3. The van der Waals surface area contributed by atoms with Crippen LogP contribution >= 0.6 is 12.4 Å². The van der Waals surface area contributed by atoms with Gasteiger partial charge in [-0.3, -0.25) is 9.59 Å². The van der Waals surface area contributed by atoms with E-state index in [1.165, 1.54) is 0 Å². The first kappa shape index (κ1) is 21.5. The number of rotatable bonds is 5. The van der Waals surface area contributed by atoms with Crippen LogP contribution < -0.4 is 21.5 Å². The van der Waals surface area contributed by atoms with Gasteiger partial charge in [0.25, 0.3) is 5.91 Å². The van der Waals surface area contributed by atoms with Crippen molar-refractivity contribution in [1.82, 2.24) is 0 Å². The lowest BCUT2D eigenvalue weighted by Crippen LogP contribution is -2.45. The molecule has 2 rings (SSSR count). The summed E-state index contributed by atoms with van der Waals surface area (Å²) in [6.45, 7) is 5.72. The van der Waals surface area contributed by atoms with Gasteiger partial charge in [-0.2, -0.15) is 0 Å². The Hall–Kier alpha value is -2.57. The highest BCUT2D eigenvalue weighted by Gasteiger charge is 2.27. The van der Waals surface area contributed by atoms with E-state index in [9.17, 15) is 9.59 Å². The van der Waals surface area contributed by atoms with E-state index in [1.807, 2.05) is 20.8 Å². The standard InChI is InChI=1S/C19H23N3O3.ClH/c1-19(2,3)16(20)18(24)22-12-8-10-13(11-9-12)25-15-7-5-4-6-14(15)17(21)23;/h4-11,16H,20H2,1-3H3,(H2,21,23)(H,22,24);1H/t16-;/m1./s1. The maximum atomic E-state index is 12.1. The Labute approximate surface area is 159 Å². The third kappa shape index (κ3) is 5.47. The van der Waals surface area contributed by atoms with Crippen molar-refractivity contribution >= 4 is 29.9 Å². The van der Waals surface area contributed by atoms with Crippen molar-refractivity contribution in [2.45, 2.75) is 26.8 Å². The van der Waals surface area contributed by atoms with Crippen LogP contribution in [-0.2, 0) is 4.79 Å². The minimum Gasteiger partial charge on any atom is -0.457 e. The van der Waals surface area contributed by atoms with E-state index in [2.05, 4.69) is 5.32 Å². The van der Waals surface area contributed by atoms with Gasteiger partial charge < -0.3 is 21.5 Å². The molecule has 0 radical (unpaired) electrons. The van der Waals surface area contributed by atoms with Crippen molar-refractivity contribution in [2.24, 2.45) is 16.9 Å². The zero-order valence-electron chi connectivity index (χ0n) is 15.0. The van der Waals surface area contributed by atoms with E-state index < -0.39 is 11.9 Å². The van der Waals surface area contributed by atoms with E-state index in [0.717, 1.165) is 0 Å². The van der Waals surface area contributed by atoms with E-state index in [0.29, 0.717) is 22.7 Å². The summed E-state index contributed by atoms with van der Waals surface area (Å²) in [5.74, 6) is 0.0873. The number of carbonyl (C=O) groups is 2. The van der Waals surface area contributed by atoms with Crippen LogP contribution in [0.15, 0.2) is 48.5 Å². The summed E-state index contributed by atoms with van der Waals surface area (Å²) >= 11 is 0. The number of carbonyl (C=O) groups excluding carboxylic acids is 2. The van der Waals surface area contributed by atoms with Crippen LogP contribution in [0.1, 0.15) is 31.1 Å². The molecule has 5 N–H and O–H groups in total. The number of nitrogens with two attached hydrogens (primary N) is 2. The summed E-state index contributed by atoms with van der Waals surface area (Å²) in [7, 11) is 0. The minimum atomic E-state index is -0.620. The second-order valence-corrected chi connectivity index (χ2v) is 6.82. The Morgan fingerprint density at radius 3 is 2.15 bits per heavy atom. The van der Waals surface area contributed by atoms with Gasteiger partial charge in [0.05, 0.1) is 11.6 Å². The number of amides is 2. The van der Waals surface area contributed by atoms with Crippen molar-refractivity contribution in [1.29, 1.82) is 0 Å². The molecule has 0 heterocycles. The van der Waals surface area contributed by atoms with Gasteiger partial charge >= 0.3 is 0 Å². The van der Waals surface area contributed by atoms with Crippen LogP contribution in [0.2, 0.25) is 0 Å². The molecule has 0 saturated heterocycles. The second-order valence-electron chi connectivity index (χ2n) is 6.82. The number of halogens is 1. The molecule has 0 aromatic heterocycles. The minimum absolute atomic E-state index is 0. The topological polar surface area (TPSA) is 107 Å². The highest BCUT2D eigenvalue weighted by Crippen LogP contribution is 2.26. The maximum Gasteiger partial charge on any atom is 0.252 e. The fourth-order valence-corrected chi connectivity index (χ4v) is 2.11. The number of benzene rings is 2. The SMILES string of the molecule is CC(C)(C)[C@H](N)C(=O)Nc1ccc(Oc2ccccc2C(N)=O)cc1.Cl. The zero-order valence-corrected chi connectivity index (χ0v) is 15.8. The fraction of sp³-hybridized carbons (Fsp3) is 0.263. The fourth-order valence-electron chi connectivity index (χ4n) is 2.11. The smallest absolute Gasteiger partial charge is 0.252 e. The van der Waals surface area contributed by atoms with Gasteiger partial charge in [-0.25, -0.2) is 0 Å². The molecule has 0 saturated carbocycles. The van der Waals surface area contributed by atoms with Gasteiger partial charge in [-0.15, -0.1) is 12.4 Å². The molecule has 0 aliphatic rings. The average molecular weight is 378 g/mol. The lowest BCUT2D eigenvalue weighted by molar-refractivity contribution is -0.119. The molecule has 2 aromatic carbocycles. The number of hydrogen-bond acceptors (Lipinski definition) is 4. The average Bonchev–Trinajstić information content (AvgIpc) is 2.55. The molecule has 0 bridgehead atoms. The predicted molar refractivity (Wildman–Crippen MR) is 105 cm³/mol. The first-order valence-corrected chi connectivity index (χ1v) is 7.91. The first-order valence-electron chi connectivity index (χ1n) is 7.91. The highest BCUT2D eigenvalue weighted by molar-refractivity contribution is 5.96. The third-order valence-corrected chi connectivity index (χ3v) is 3.72. The molecule has 1 atom stereocenters.